The van der Waals surface area contributed by atoms with Gasteiger partial charge in [-0.3, -0.25) is 0 Å². The summed E-state index contributed by atoms with van der Waals surface area (Å²) >= 11 is 0. The molecule has 0 radical (unpaired) electrons. The molecule has 1 unspecified atom stereocenters. The molecule has 0 saturated heterocycles. The SMILES string of the molecule is C/C=C/C(OC(=O)O)OC(=O)OC. The first-order valence-electron chi connectivity index (χ1n) is 3.37. The summed E-state index contributed by atoms with van der Waals surface area (Å²) in [5.74, 6) is 0. The molecule has 0 spiro atoms. The van der Waals surface area contributed by atoms with Crippen molar-refractivity contribution in [3.63, 3.8) is 0 Å². The number of carboxylic acid groups (broad SMARTS) is 1. The van der Waals surface area contributed by atoms with Crippen LogP contribution in [0.25, 0.3) is 0 Å². The Bertz CT molecular complexity index is 209. The molecule has 1 atom stereocenters. The minimum atomic E-state index is -1.54. The standard InChI is InChI=1S/C7H10O6/c1-3-4-5(12-6(8)9)13-7(10)11-2/h3-5H,1-2H3,(H,8,9)/b4-3+. The number of hydrogen-bond donors (Lipinski definition) is 1. The van der Waals surface area contributed by atoms with Gasteiger partial charge in [0.05, 0.1) is 7.11 Å². The van der Waals surface area contributed by atoms with E-state index in [1.807, 2.05) is 0 Å². The summed E-state index contributed by atoms with van der Waals surface area (Å²) in [7, 11) is 1.11. The van der Waals surface area contributed by atoms with Crippen LogP contribution in [0.15, 0.2) is 12.2 Å². The molecule has 0 rings (SSSR count). The third-order valence-corrected chi connectivity index (χ3v) is 0.946. The summed E-state index contributed by atoms with van der Waals surface area (Å²) in [6.45, 7) is 1.62. The topological polar surface area (TPSA) is 82.1 Å². The Balaban J connectivity index is 4.09. The number of allylic oxidation sites excluding steroid dienone is 1. The van der Waals surface area contributed by atoms with Crippen molar-refractivity contribution in [1.29, 1.82) is 0 Å². The Hall–Kier alpha value is -1.72. The average molecular weight is 190 g/mol. The summed E-state index contributed by atoms with van der Waals surface area (Å²) in [5, 5.41) is 8.21. The quantitative estimate of drug-likeness (QED) is 0.411. The maximum Gasteiger partial charge on any atom is 0.511 e. The molecule has 0 aromatic rings. The average Bonchev–Trinajstić information content (AvgIpc) is 2.03. The Labute approximate surface area is 74.7 Å². The van der Waals surface area contributed by atoms with Crippen LogP contribution in [0.4, 0.5) is 9.59 Å². The summed E-state index contributed by atoms with van der Waals surface area (Å²) in [6.07, 6.45) is -1.08. The van der Waals surface area contributed by atoms with Crippen molar-refractivity contribution in [2.75, 3.05) is 7.11 Å². The van der Waals surface area contributed by atoms with E-state index in [0.29, 0.717) is 0 Å². The van der Waals surface area contributed by atoms with Crippen LogP contribution in [0.1, 0.15) is 6.92 Å². The first kappa shape index (κ1) is 11.3. The van der Waals surface area contributed by atoms with Crippen LogP contribution in [0, 0.1) is 0 Å². The predicted molar refractivity (Wildman–Crippen MR) is 41.2 cm³/mol. The van der Waals surface area contributed by atoms with Crippen molar-refractivity contribution < 1.29 is 28.9 Å². The second-order valence-electron chi connectivity index (χ2n) is 1.85. The van der Waals surface area contributed by atoms with Crippen LogP contribution in [0.5, 0.6) is 0 Å². The zero-order valence-corrected chi connectivity index (χ0v) is 7.22. The van der Waals surface area contributed by atoms with E-state index < -0.39 is 18.6 Å². The van der Waals surface area contributed by atoms with E-state index in [9.17, 15) is 9.59 Å². The molecule has 74 valence electrons. The van der Waals surface area contributed by atoms with Crippen molar-refractivity contribution in [2.24, 2.45) is 0 Å². The molecule has 0 fully saturated rings. The molecule has 0 aliphatic heterocycles. The summed E-state index contributed by atoms with van der Waals surface area (Å²) in [6, 6.07) is 0. The first-order valence-corrected chi connectivity index (χ1v) is 3.37. The third kappa shape index (κ3) is 5.54. The molecule has 6 nitrogen and oxygen atoms in total. The monoisotopic (exact) mass is 190 g/mol. The minimum Gasteiger partial charge on any atom is -0.450 e. The van der Waals surface area contributed by atoms with Gasteiger partial charge in [-0.1, -0.05) is 6.08 Å². The maximum atomic E-state index is 10.5. The molecule has 0 heterocycles. The van der Waals surface area contributed by atoms with Gasteiger partial charge in [-0.05, 0) is 13.0 Å². The van der Waals surface area contributed by atoms with Gasteiger partial charge in [0.25, 0.3) is 6.29 Å². The molecule has 0 aliphatic carbocycles. The molecular formula is C7H10O6. The molecule has 0 bridgehead atoms. The fraction of sp³-hybridized carbons (Fsp3) is 0.429. The van der Waals surface area contributed by atoms with E-state index in [0.717, 1.165) is 7.11 Å². The normalized spacial score (nSPS) is 12.2. The van der Waals surface area contributed by atoms with Crippen LogP contribution >= 0.6 is 0 Å². The number of carbonyl (C=O) groups excluding carboxylic acids is 1. The van der Waals surface area contributed by atoms with E-state index in [1.54, 1.807) is 6.92 Å². The zero-order chi connectivity index (χ0) is 10.3. The molecule has 0 saturated carbocycles. The Kier molecular flexibility index (Phi) is 5.09. The molecule has 0 aromatic carbocycles. The summed E-state index contributed by atoms with van der Waals surface area (Å²) in [4.78, 5) is 20.6. The van der Waals surface area contributed by atoms with E-state index in [-0.39, 0.29) is 0 Å². The Morgan fingerprint density at radius 1 is 1.38 bits per heavy atom. The van der Waals surface area contributed by atoms with Crippen molar-refractivity contribution >= 4 is 12.3 Å². The Morgan fingerprint density at radius 2 is 2.00 bits per heavy atom. The number of ether oxygens (including phenoxy) is 3. The minimum absolute atomic E-state index is 1.01. The molecule has 13 heavy (non-hydrogen) atoms. The largest absolute Gasteiger partial charge is 0.511 e. The van der Waals surface area contributed by atoms with Gasteiger partial charge in [-0.15, -0.1) is 0 Å². The van der Waals surface area contributed by atoms with Gasteiger partial charge in [0.1, 0.15) is 0 Å². The molecule has 0 aromatic heterocycles. The van der Waals surface area contributed by atoms with Crippen molar-refractivity contribution in [3.8, 4) is 0 Å². The highest BCUT2D eigenvalue weighted by Crippen LogP contribution is 1.99. The summed E-state index contributed by atoms with van der Waals surface area (Å²) < 4.78 is 12.7. The predicted octanol–water partition coefficient (Wildman–Crippen LogP) is 1.37. The van der Waals surface area contributed by atoms with Crippen LogP contribution in [-0.2, 0) is 14.2 Å². The van der Waals surface area contributed by atoms with Crippen molar-refractivity contribution in [2.45, 2.75) is 13.2 Å². The number of carbonyl (C=O) groups is 2. The molecule has 0 amide bonds. The van der Waals surface area contributed by atoms with Gasteiger partial charge in [-0.25, -0.2) is 9.59 Å². The van der Waals surface area contributed by atoms with Crippen LogP contribution in [0.3, 0.4) is 0 Å². The zero-order valence-electron chi connectivity index (χ0n) is 7.22. The third-order valence-electron chi connectivity index (χ3n) is 0.946. The van der Waals surface area contributed by atoms with E-state index in [2.05, 4.69) is 14.2 Å². The van der Waals surface area contributed by atoms with E-state index in [4.69, 9.17) is 5.11 Å². The van der Waals surface area contributed by atoms with Crippen molar-refractivity contribution in [3.05, 3.63) is 12.2 Å². The van der Waals surface area contributed by atoms with Crippen LogP contribution in [0.2, 0.25) is 0 Å². The van der Waals surface area contributed by atoms with Gasteiger partial charge in [0.2, 0.25) is 0 Å². The number of rotatable bonds is 3. The first-order chi connectivity index (χ1) is 6.10. The second kappa shape index (κ2) is 5.87. The maximum absolute atomic E-state index is 10.5. The van der Waals surface area contributed by atoms with E-state index >= 15 is 0 Å². The highest BCUT2D eigenvalue weighted by molar-refractivity contribution is 5.61. The smallest absolute Gasteiger partial charge is 0.450 e. The summed E-state index contributed by atoms with van der Waals surface area (Å²) in [5.41, 5.74) is 0. The van der Waals surface area contributed by atoms with Gasteiger partial charge in [0.15, 0.2) is 0 Å². The highest BCUT2D eigenvalue weighted by Gasteiger charge is 2.14. The lowest BCUT2D eigenvalue weighted by atomic mass is 10.5. The molecule has 6 heteroatoms. The number of methoxy groups -OCH3 is 1. The lowest BCUT2D eigenvalue weighted by Crippen LogP contribution is -2.21. The second-order valence-corrected chi connectivity index (χ2v) is 1.85. The Morgan fingerprint density at radius 3 is 2.38 bits per heavy atom. The van der Waals surface area contributed by atoms with Gasteiger partial charge >= 0.3 is 12.3 Å². The van der Waals surface area contributed by atoms with Gasteiger partial charge in [-0.2, -0.15) is 0 Å². The van der Waals surface area contributed by atoms with Crippen LogP contribution in [-0.4, -0.2) is 30.8 Å². The van der Waals surface area contributed by atoms with Gasteiger partial charge < -0.3 is 19.3 Å². The van der Waals surface area contributed by atoms with E-state index in [1.165, 1.54) is 12.2 Å². The fourth-order valence-corrected chi connectivity index (χ4v) is 0.502. The molecule has 0 aliphatic rings. The lowest BCUT2D eigenvalue weighted by Gasteiger charge is -2.10. The number of hydrogen-bond acceptors (Lipinski definition) is 5. The highest BCUT2D eigenvalue weighted by atomic mass is 16.8. The lowest BCUT2D eigenvalue weighted by molar-refractivity contribution is -0.0673. The van der Waals surface area contributed by atoms with Crippen molar-refractivity contribution in [1.82, 2.24) is 0 Å². The molecular weight excluding hydrogens is 180 g/mol. The fourth-order valence-electron chi connectivity index (χ4n) is 0.502. The molecule has 1 N–H and O–H groups in total. The van der Waals surface area contributed by atoms with Crippen LogP contribution < -0.4 is 0 Å². The van der Waals surface area contributed by atoms with Gasteiger partial charge in [0, 0.05) is 0 Å².